The van der Waals surface area contributed by atoms with Crippen LogP contribution in [0.5, 0.6) is 0 Å². The summed E-state index contributed by atoms with van der Waals surface area (Å²) in [6.45, 7) is -0.403. The lowest BCUT2D eigenvalue weighted by molar-refractivity contribution is -0.223. The molecule has 0 saturated carbocycles. The van der Waals surface area contributed by atoms with Gasteiger partial charge in [-0.1, -0.05) is 0 Å². The van der Waals surface area contributed by atoms with Crippen LogP contribution in [-0.2, 0) is 4.79 Å². The molecule has 1 heterocycles. The molecular weight excluding hydrogens is 280 g/mol. The maximum absolute atomic E-state index is 12.2. The van der Waals surface area contributed by atoms with Crippen LogP contribution in [0.3, 0.4) is 0 Å². The van der Waals surface area contributed by atoms with Crippen molar-refractivity contribution in [2.75, 3.05) is 13.1 Å². The highest BCUT2D eigenvalue weighted by molar-refractivity contribution is 5.76. The predicted molar refractivity (Wildman–Crippen MR) is 52.0 cm³/mol. The van der Waals surface area contributed by atoms with Gasteiger partial charge >= 0.3 is 12.4 Å². The van der Waals surface area contributed by atoms with Crippen molar-refractivity contribution in [3.63, 3.8) is 0 Å². The molecule has 0 spiro atoms. The number of hydrogen-bond acceptors (Lipinski definition) is 2. The smallest absolute Gasteiger partial charge is 0.383 e. The Labute approximate surface area is 105 Å². The maximum atomic E-state index is 12.2. The topological polar surface area (TPSA) is 40.5 Å². The minimum absolute atomic E-state index is 0.162. The quantitative estimate of drug-likeness (QED) is 0.792. The molecule has 1 saturated heterocycles. The SMILES string of the molecule is O=C(CC(F)(F)F)N1CCC(C(O)C(F)(F)F)CC1. The highest BCUT2D eigenvalue weighted by atomic mass is 19.4. The van der Waals surface area contributed by atoms with E-state index in [-0.39, 0.29) is 25.9 Å². The Hall–Kier alpha value is -0.990. The second-order valence-electron chi connectivity index (χ2n) is 4.50. The molecule has 1 atom stereocenters. The third kappa shape index (κ3) is 4.88. The average molecular weight is 293 g/mol. The number of aliphatic hydroxyl groups excluding tert-OH is 1. The van der Waals surface area contributed by atoms with Gasteiger partial charge in [-0.25, -0.2) is 0 Å². The highest BCUT2D eigenvalue weighted by Gasteiger charge is 2.44. The lowest BCUT2D eigenvalue weighted by atomic mass is 9.91. The van der Waals surface area contributed by atoms with E-state index in [1.807, 2.05) is 0 Å². The Bertz CT molecular complexity index is 319. The summed E-state index contributed by atoms with van der Waals surface area (Å²) in [7, 11) is 0. The number of piperidine rings is 1. The fourth-order valence-electron chi connectivity index (χ4n) is 2.02. The van der Waals surface area contributed by atoms with Gasteiger partial charge in [0.2, 0.25) is 5.91 Å². The second-order valence-corrected chi connectivity index (χ2v) is 4.50. The van der Waals surface area contributed by atoms with Crippen molar-refractivity contribution in [2.24, 2.45) is 5.92 Å². The number of likely N-dealkylation sites (tertiary alicyclic amines) is 1. The third-order valence-corrected chi connectivity index (χ3v) is 3.03. The number of carbonyl (C=O) groups excluding carboxylic acids is 1. The molecule has 0 aromatic rings. The van der Waals surface area contributed by atoms with Crippen LogP contribution in [0.2, 0.25) is 0 Å². The molecule has 19 heavy (non-hydrogen) atoms. The Morgan fingerprint density at radius 2 is 1.63 bits per heavy atom. The van der Waals surface area contributed by atoms with E-state index >= 15 is 0 Å². The number of alkyl halides is 6. The Balaban J connectivity index is 2.47. The molecule has 1 rings (SSSR count). The average Bonchev–Trinajstić information content (AvgIpc) is 2.24. The molecule has 0 radical (unpaired) electrons. The zero-order chi connectivity index (χ0) is 14.8. The molecule has 112 valence electrons. The van der Waals surface area contributed by atoms with Gasteiger partial charge in [0.25, 0.3) is 0 Å². The maximum Gasteiger partial charge on any atom is 0.414 e. The van der Waals surface area contributed by atoms with Crippen LogP contribution >= 0.6 is 0 Å². The van der Waals surface area contributed by atoms with E-state index in [1.165, 1.54) is 0 Å². The first-order chi connectivity index (χ1) is 8.50. The van der Waals surface area contributed by atoms with Gasteiger partial charge in [0.05, 0.1) is 0 Å². The van der Waals surface area contributed by atoms with Gasteiger partial charge in [0.15, 0.2) is 6.10 Å². The molecule has 0 aromatic carbocycles. The monoisotopic (exact) mass is 293 g/mol. The highest BCUT2D eigenvalue weighted by Crippen LogP contribution is 2.32. The fraction of sp³-hybridized carbons (Fsp3) is 0.900. The van der Waals surface area contributed by atoms with E-state index < -0.39 is 36.7 Å². The molecule has 1 fully saturated rings. The van der Waals surface area contributed by atoms with Gasteiger partial charge in [-0.2, -0.15) is 26.3 Å². The summed E-state index contributed by atoms with van der Waals surface area (Å²) < 4.78 is 72.7. The second kappa shape index (κ2) is 5.56. The van der Waals surface area contributed by atoms with E-state index in [0.29, 0.717) is 0 Å². The lowest BCUT2D eigenvalue weighted by Crippen LogP contribution is -2.45. The van der Waals surface area contributed by atoms with Gasteiger partial charge in [-0.3, -0.25) is 4.79 Å². The summed E-state index contributed by atoms with van der Waals surface area (Å²) in [6.07, 6.45) is -13.8. The normalized spacial score (nSPS) is 20.5. The van der Waals surface area contributed by atoms with E-state index in [4.69, 9.17) is 5.11 Å². The number of nitrogens with zero attached hydrogens (tertiary/aromatic N) is 1. The first-order valence-corrected chi connectivity index (χ1v) is 5.60. The largest absolute Gasteiger partial charge is 0.414 e. The summed E-state index contributed by atoms with van der Waals surface area (Å²) in [5, 5.41) is 9.01. The van der Waals surface area contributed by atoms with Gasteiger partial charge in [0.1, 0.15) is 6.42 Å². The molecule has 1 N–H and O–H groups in total. The zero-order valence-electron chi connectivity index (χ0n) is 9.76. The summed E-state index contributed by atoms with van der Waals surface area (Å²) in [4.78, 5) is 12.1. The molecular formula is C10H13F6NO2. The Morgan fingerprint density at radius 3 is 2.00 bits per heavy atom. The minimum Gasteiger partial charge on any atom is -0.383 e. The van der Waals surface area contributed by atoms with Gasteiger partial charge in [0, 0.05) is 13.1 Å². The Morgan fingerprint density at radius 1 is 1.16 bits per heavy atom. The van der Waals surface area contributed by atoms with E-state index in [0.717, 1.165) is 4.90 Å². The molecule has 0 bridgehead atoms. The van der Waals surface area contributed by atoms with Crippen LogP contribution in [0.1, 0.15) is 19.3 Å². The molecule has 0 aromatic heterocycles. The van der Waals surface area contributed by atoms with Crippen molar-refractivity contribution in [3.05, 3.63) is 0 Å². The molecule has 1 amide bonds. The lowest BCUT2D eigenvalue weighted by Gasteiger charge is -2.34. The Kier molecular flexibility index (Phi) is 4.70. The summed E-state index contributed by atoms with van der Waals surface area (Å²) in [5.74, 6) is -2.22. The predicted octanol–water partition coefficient (Wildman–Crippen LogP) is 2.10. The summed E-state index contributed by atoms with van der Waals surface area (Å²) in [6, 6.07) is 0. The number of amides is 1. The molecule has 3 nitrogen and oxygen atoms in total. The molecule has 1 aliphatic rings. The van der Waals surface area contributed by atoms with Crippen LogP contribution in [0.25, 0.3) is 0 Å². The number of rotatable bonds is 2. The molecule has 0 aliphatic carbocycles. The first kappa shape index (κ1) is 16.1. The van der Waals surface area contributed by atoms with Crippen molar-refractivity contribution in [1.29, 1.82) is 0 Å². The third-order valence-electron chi connectivity index (χ3n) is 3.03. The summed E-state index contributed by atoms with van der Waals surface area (Å²) in [5.41, 5.74) is 0. The van der Waals surface area contributed by atoms with Crippen LogP contribution < -0.4 is 0 Å². The van der Waals surface area contributed by atoms with Crippen LogP contribution in [0.15, 0.2) is 0 Å². The fourth-order valence-corrected chi connectivity index (χ4v) is 2.02. The number of hydrogen-bond donors (Lipinski definition) is 1. The molecule has 1 aliphatic heterocycles. The molecule has 9 heteroatoms. The van der Waals surface area contributed by atoms with Crippen molar-refractivity contribution >= 4 is 5.91 Å². The van der Waals surface area contributed by atoms with Crippen molar-refractivity contribution < 1.29 is 36.2 Å². The zero-order valence-corrected chi connectivity index (χ0v) is 9.76. The number of halogens is 6. The van der Waals surface area contributed by atoms with Crippen LogP contribution in [0, 0.1) is 5.92 Å². The number of aliphatic hydroxyl groups is 1. The van der Waals surface area contributed by atoms with Crippen molar-refractivity contribution in [3.8, 4) is 0 Å². The van der Waals surface area contributed by atoms with Crippen molar-refractivity contribution in [2.45, 2.75) is 37.7 Å². The molecule has 1 unspecified atom stereocenters. The van der Waals surface area contributed by atoms with E-state index in [9.17, 15) is 31.1 Å². The van der Waals surface area contributed by atoms with E-state index in [1.54, 1.807) is 0 Å². The summed E-state index contributed by atoms with van der Waals surface area (Å²) >= 11 is 0. The minimum atomic E-state index is -4.75. The first-order valence-electron chi connectivity index (χ1n) is 5.60. The van der Waals surface area contributed by atoms with Gasteiger partial charge in [-0.15, -0.1) is 0 Å². The van der Waals surface area contributed by atoms with Gasteiger partial charge < -0.3 is 10.0 Å². The van der Waals surface area contributed by atoms with Crippen molar-refractivity contribution in [1.82, 2.24) is 4.90 Å². The van der Waals surface area contributed by atoms with Gasteiger partial charge in [-0.05, 0) is 18.8 Å². The van der Waals surface area contributed by atoms with Crippen LogP contribution in [-0.4, -0.2) is 47.5 Å². The number of carbonyl (C=O) groups is 1. The van der Waals surface area contributed by atoms with E-state index in [2.05, 4.69) is 0 Å². The van der Waals surface area contributed by atoms with Crippen LogP contribution in [0.4, 0.5) is 26.3 Å². The standard InChI is InChI=1S/C10H13F6NO2/c11-9(12,13)5-7(18)17-3-1-6(2-4-17)8(19)10(14,15)16/h6,8,19H,1-5H2.